The molecule has 540 valence electrons. The summed E-state index contributed by atoms with van der Waals surface area (Å²) in [5.74, 6) is 10.5. The van der Waals surface area contributed by atoms with E-state index in [0.717, 1.165) is 136 Å². The number of aromatic nitrogens is 3. The van der Waals surface area contributed by atoms with Crippen molar-refractivity contribution in [1.29, 1.82) is 0 Å². The van der Waals surface area contributed by atoms with Gasteiger partial charge in [-0.25, -0.2) is 0 Å². The van der Waals surface area contributed by atoms with Crippen LogP contribution in [0.5, 0.6) is 69.0 Å². The third-order valence-electron chi connectivity index (χ3n) is 23.9. The van der Waals surface area contributed by atoms with Gasteiger partial charge in [-0.15, -0.1) is 0 Å². The smallest absolute Gasteiger partial charge is 0.260 e. The number of benzene rings is 17. The molecule has 0 unspecified atom stereocenters. The van der Waals surface area contributed by atoms with E-state index >= 15 is 0 Å². The highest BCUT2D eigenvalue weighted by molar-refractivity contribution is 6.99. The minimum Gasteiger partial charge on any atom is -0.458 e. The van der Waals surface area contributed by atoms with Crippen LogP contribution in [0.3, 0.4) is 0 Å². The van der Waals surface area contributed by atoms with Gasteiger partial charge in [0.15, 0.2) is 0 Å². The van der Waals surface area contributed by atoms with E-state index in [2.05, 4.69) is 366 Å². The predicted molar refractivity (Wildman–Crippen MR) is 474 cm³/mol. The van der Waals surface area contributed by atoms with Crippen LogP contribution in [0, 0.1) is 0 Å². The van der Waals surface area contributed by atoms with E-state index < -0.39 is 0 Å². The van der Waals surface area contributed by atoms with Gasteiger partial charge < -0.3 is 42.1 Å². The van der Waals surface area contributed by atoms with Crippen molar-refractivity contribution in [3.63, 3.8) is 0 Å². The van der Waals surface area contributed by atoms with E-state index in [1.807, 2.05) is 36.4 Å². The van der Waals surface area contributed by atoms with Gasteiger partial charge in [-0.3, -0.25) is 0 Å². The SMILES string of the molecule is c1ccc(-n2c(-c3cc4c5c(c3)Oc3ccccc3B5c3ccccc3O4)cc3ccccc32)cc1.c1ccc(-n2c3ccccc3c3cc(-c4cc5c6c(c4)Oc4ccccc4B6c4ccccc4O5)ccc32)cc1.c1ccc(-n2c3ccccc3c3ccc(-c4cc5c6c(c4)Oc4ccccc4B6c4ccccc4O5)cc32)cc1. The van der Waals surface area contributed by atoms with Crippen molar-refractivity contribution < 1.29 is 28.4 Å². The molecule has 0 atom stereocenters. The molecule has 0 radical (unpaired) electrons. The number of nitrogens with zero attached hydrogens (tertiary/aromatic N) is 3. The van der Waals surface area contributed by atoms with Crippen LogP contribution in [0.2, 0.25) is 0 Å². The lowest BCUT2D eigenvalue weighted by atomic mass is 9.35. The Balaban J connectivity index is 0.000000100. The Morgan fingerprint density at radius 2 is 0.466 bits per heavy atom. The highest BCUT2D eigenvalue weighted by atomic mass is 16.5. The highest BCUT2D eigenvalue weighted by Crippen LogP contribution is 2.46. The summed E-state index contributed by atoms with van der Waals surface area (Å²) < 4.78 is 46.2. The summed E-state index contributed by atoms with van der Waals surface area (Å²) in [6.45, 7) is 0.247. The monoisotopic (exact) mass is 1480 g/mol. The van der Waals surface area contributed by atoms with Gasteiger partial charge >= 0.3 is 0 Å². The Bertz CT molecular complexity index is 7240. The molecule has 0 spiro atoms. The molecule has 0 amide bonds. The van der Waals surface area contributed by atoms with E-state index in [1.165, 1.54) is 87.3 Å². The summed E-state index contributed by atoms with van der Waals surface area (Å²) in [5.41, 5.74) is 26.2. The van der Waals surface area contributed by atoms with E-state index in [9.17, 15) is 0 Å². The van der Waals surface area contributed by atoms with Crippen LogP contribution in [0.25, 0.3) is 105 Å². The molecular weight excluding hydrogens is 1420 g/mol. The molecule has 9 nitrogen and oxygen atoms in total. The summed E-state index contributed by atoms with van der Waals surface area (Å²) in [6.07, 6.45) is 0. The van der Waals surface area contributed by atoms with E-state index in [-0.39, 0.29) is 20.1 Å². The van der Waals surface area contributed by atoms with Crippen molar-refractivity contribution in [2.75, 3.05) is 0 Å². The number of ether oxygens (including phenoxy) is 6. The van der Waals surface area contributed by atoms with Gasteiger partial charge in [-0.1, -0.05) is 237 Å². The summed E-state index contributed by atoms with van der Waals surface area (Å²) in [6, 6.07) is 136. The van der Waals surface area contributed by atoms with Crippen molar-refractivity contribution in [3.05, 3.63) is 388 Å². The second-order valence-electron chi connectivity index (χ2n) is 30.4. The van der Waals surface area contributed by atoms with Gasteiger partial charge in [0.05, 0.1) is 33.3 Å². The molecule has 0 saturated heterocycles. The van der Waals surface area contributed by atoms with Gasteiger partial charge in [0.1, 0.15) is 69.0 Å². The van der Waals surface area contributed by atoms with Crippen molar-refractivity contribution in [2.24, 2.45) is 0 Å². The molecule has 17 aromatic carbocycles. The topological polar surface area (TPSA) is 70.2 Å². The normalized spacial score (nSPS) is 12.8. The molecule has 0 aliphatic carbocycles. The molecule has 3 aromatic heterocycles. The van der Waals surface area contributed by atoms with Gasteiger partial charge in [-0.05, 0) is 207 Å². The first-order valence-electron chi connectivity index (χ1n) is 39.5. The summed E-state index contributed by atoms with van der Waals surface area (Å²) >= 11 is 0. The fourth-order valence-corrected chi connectivity index (χ4v) is 18.9. The average Bonchev–Trinajstić information content (AvgIpc) is 0.978. The maximum atomic E-state index is 6.54. The van der Waals surface area contributed by atoms with Crippen LogP contribution in [0.4, 0.5) is 0 Å². The first-order valence-corrected chi connectivity index (χ1v) is 39.5. The third-order valence-corrected chi connectivity index (χ3v) is 23.9. The number of hydrogen-bond acceptors (Lipinski definition) is 6. The van der Waals surface area contributed by atoms with Crippen LogP contribution >= 0.6 is 0 Å². The molecule has 0 fully saturated rings. The Hall–Kier alpha value is -15.1. The van der Waals surface area contributed by atoms with Crippen molar-refractivity contribution in [1.82, 2.24) is 13.7 Å². The van der Waals surface area contributed by atoms with Gasteiger partial charge in [0.25, 0.3) is 20.1 Å². The molecule has 9 heterocycles. The lowest BCUT2D eigenvalue weighted by Gasteiger charge is -2.33. The number of para-hydroxylation sites is 12. The largest absolute Gasteiger partial charge is 0.458 e. The van der Waals surface area contributed by atoms with Crippen LogP contribution < -0.4 is 77.6 Å². The summed E-state index contributed by atoms with van der Waals surface area (Å²) in [7, 11) is 0. The Morgan fingerprint density at radius 1 is 0.172 bits per heavy atom. The number of rotatable bonds is 6. The first-order chi connectivity index (χ1) is 57.5. The molecule has 116 heavy (non-hydrogen) atoms. The van der Waals surface area contributed by atoms with Crippen LogP contribution in [-0.2, 0) is 0 Å². The molecule has 0 N–H and O–H groups in total. The minimum atomic E-state index is 0.0806. The molecule has 0 bridgehead atoms. The molecule has 6 aliphatic heterocycles. The maximum absolute atomic E-state index is 6.54. The Morgan fingerprint density at radius 3 is 0.879 bits per heavy atom. The zero-order valence-corrected chi connectivity index (χ0v) is 62.5. The minimum absolute atomic E-state index is 0.0806. The fraction of sp³-hybridized carbons (Fsp3) is 0. The van der Waals surface area contributed by atoms with Crippen LogP contribution in [-0.4, -0.2) is 33.8 Å². The molecule has 26 rings (SSSR count). The highest BCUT2D eigenvalue weighted by Gasteiger charge is 2.44. The van der Waals surface area contributed by atoms with E-state index in [4.69, 9.17) is 28.4 Å². The molecule has 0 saturated carbocycles. The van der Waals surface area contributed by atoms with Crippen molar-refractivity contribution in [2.45, 2.75) is 0 Å². The third kappa shape index (κ3) is 10.4. The van der Waals surface area contributed by atoms with Gasteiger partial charge in [-0.2, -0.15) is 0 Å². The molecule has 6 aliphatic rings. The number of hydrogen-bond donors (Lipinski definition) is 0. The first kappa shape index (κ1) is 65.6. The summed E-state index contributed by atoms with van der Waals surface area (Å²) in [5, 5.41) is 6.13. The van der Waals surface area contributed by atoms with Gasteiger partial charge in [0, 0.05) is 65.9 Å². The predicted octanol–water partition coefficient (Wildman–Crippen LogP) is 20.4. The quantitative estimate of drug-likeness (QED) is 0.155. The van der Waals surface area contributed by atoms with Crippen LogP contribution in [0.15, 0.2) is 388 Å². The van der Waals surface area contributed by atoms with Crippen LogP contribution in [0.1, 0.15) is 0 Å². The van der Waals surface area contributed by atoms with Gasteiger partial charge in [0.2, 0.25) is 0 Å². The average molecular weight is 1480 g/mol. The maximum Gasteiger partial charge on any atom is 0.260 e. The second kappa shape index (κ2) is 26.2. The van der Waals surface area contributed by atoms with Crippen molar-refractivity contribution >= 4 is 124 Å². The lowest BCUT2D eigenvalue weighted by molar-refractivity contribution is 0.464. The standard InChI is InChI=1S/2C36H22BNO2.C32H20BNO2/c1-2-10-25(11-3-1)38-30-15-7-4-12-26(30)27-20-23(18-19-31(27)38)24-21-34-36-35(22-24)40-33-17-9-6-14-29(33)37(36)28-13-5-8-16-32(28)39-34;1-2-10-25(11-3-1)38-30-15-7-4-12-26(30)27-19-18-23(20-31(27)38)24-21-34-36-35(22-24)40-33-17-9-6-14-29(33)37(36)28-13-5-8-16-32(28)39-34;1-2-11-23(12-3-1)34-26-15-7-4-10-21(26)18-27(34)22-19-30-32-31(20-22)36-29-17-9-6-14-25(29)33(32)24-13-5-8-16-28(24)35-30/h2*1-22H;1-20H. The lowest BCUT2D eigenvalue weighted by Crippen LogP contribution is -2.57. The molecule has 20 aromatic rings. The fourth-order valence-electron chi connectivity index (χ4n) is 18.9. The molecule has 12 heteroatoms. The van der Waals surface area contributed by atoms with E-state index in [0.29, 0.717) is 0 Å². The van der Waals surface area contributed by atoms with E-state index in [1.54, 1.807) is 0 Å². The zero-order valence-electron chi connectivity index (χ0n) is 62.5. The zero-order chi connectivity index (χ0) is 76.1. The Labute approximate surface area is 669 Å². The summed E-state index contributed by atoms with van der Waals surface area (Å²) in [4.78, 5) is 0. The Kier molecular flexibility index (Phi) is 14.8. The second-order valence-corrected chi connectivity index (χ2v) is 30.4. The number of fused-ring (bicyclic) bond motifs is 19. The molecular formula is C104H64B3N3O6. The van der Waals surface area contributed by atoms with Crippen molar-refractivity contribution in [3.8, 4) is 120 Å².